The first kappa shape index (κ1) is 21.5. The Bertz CT molecular complexity index is 400. The largest absolute Gasteiger partial charge is 0.474 e. The summed E-state index contributed by atoms with van der Waals surface area (Å²) in [6.07, 6.45) is 2.76. The van der Waals surface area contributed by atoms with Crippen LogP contribution in [0.25, 0.3) is 0 Å². The van der Waals surface area contributed by atoms with Gasteiger partial charge < -0.3 is 9.47 Å². The first-order valence-corrected chi connectivity index (χ1v) is 8.55. The molecule has 0 saturated heterocycles. The first-order valence-electron chi connectivity index (χ1n) is 7.09. The summed E-state index contributed by atoms with van der Waals surface area (Å²) < 4.78 is 36.9. The van der Waals surface area contributed by atoms with E-state index >= 15 is 0 Å². The molecule has 0 aromatic rings. The maximum Gasteiger partial charge on any atom is 0.474 e. The Balaban J connectivity index is 3.97. The maximum absolute atomic E-state index is 12.2. The number of hydrogen-bond donors (Lipinski definition) is 0. The number of phosphoric acid groups is 1. The summed E-state index contributed by atoms with van der Waals surface area (Å²) in [5, 5.41) is 0. The van der Waals surface area contributed by atoms with E-state index in [4.69, 9.17) is 23.0 Å². The van der Waals surface area contributed by atoms with Crippen LogP contribution in [-0.4, -0.2) is 45.0 Å². The van der Waals surface area contributed by atoms with E-state index in [1.165, 1.54) is 0 Å². The van der Waals surface area contributed by atoms with Gasteiger partial charge in [0, 0.05) is 25.0 Å². The van der Waals surface area contributed by atoms with Crippen LogP contribution in [0.1, 0.15) is 19.8 Å². The van der Waals surface area contributed by atoms with E-state index in [1.807, 2.05) is 0 Å². The normalized spacial score (nSPS) is 10.8. The second-order valence-corrected chi connectivity index (χ2v) is 5.65. The lowest BCUT2D eigenvalue weighted by atomic mass is 10.5. The van der Waals surface area contributed by atoms with Crippen LogP contribution in [-0.2, 0) is 37.2 Å². The first-order chi connectivity index (χ1) is 11.0. The summed E-state index contributed by atoms with van der Waals surface area (Å²) in [5.74, 6) is -1.08. The van der Waals surface area contributed by atoms with E-state index < -0.39 is 19.8 Å². The van der Waals surface area contributed by atoms with Gasteiger partial charge in [0.1, 0.15) is 0 Å². The Morgan fingerprint density at radius 2 is 1.30 bits per heavy atom. The van der Waals surface area contributed by atoms with Crippen LogP contribution in [0.5, 0.6) is 0 Å². The van der Waals surface area contributed by atoms with Crippen LogP contribution in [0.3, 0.4) is 0 Å². The molecule has 0 amide bonds. The molecule has 0 aliphatic rings. The summed E-state index contributed by atoms with van der Waals surface area (Å²) in [7, 11) is -3.68. The predicted octanol–water partition coefficient (Wildman–Crippen LogP) is 2.40. The molecule has 0 aromatic heterocycles. The quantitative estimate of drug-likeness (QED) is 0.204. The average molecular weight is 350 g/mol. The molecule has 0 rings (SSSR count). The van der Waals surface area contributed by atoms with Crippen molar-refractivity contribution in [3.63, 3.8) is 0 Å². The molecule has 0 heterocycles. The fourth-order valence-electron chi connectivity index (χ4n) is 1.20. The minimum absolute atomic E-state index is 0.0349. The smallest absolute Gasteiger partial charge is 0.462 e. The summed E-state index contributed by atoms with van der Waals surface area (Å²) in [4.78, 5) is 21.6. The standard InChI is InChI=1S/C14H23O8P/c1-4-13(15)18-9-7-11-21-23(17,20-6-3)22-12-8-10-19-14(16)5-2/h4-5H,1-2,6-12H2,3H3. The zero-order chi connectivity index (χ0) is 17.6. The molecule has 0 aromatic carbocycles. The summed E-state index contributed by atoms with van der Waals surface area (Å²) >= 11 is 0. The molecule has 0 N–H and O–H groups in total. The Morgan fingerprint density at radius 3 is 1.65 bits per heavy atom. The second kappa shape index (κ2) is 13.0. The molecule has 0 bridgehead atoms. The molecule has 23 heavy (non-hydrogen) atoms. The Labute approximate surface area is 136 Å². The molecule has 0 saturated carbocycles. The molecular weight excluding hydrogens is 327 g/mol. The van der Waals surface area contributed by atoms with Gasteiger partial charge in [-0.1, -0.05) is 13.2 Å². The number of carbonyl (C=O) groups excluding carboxylic acids is 2. The highest BCUT2D eigenvalue weighted by molar-refractivity contribution is 7.48. The lowest BCUT2D eigenvalue weighted by Gasteiger charge is -2.17. The Morgan fingerprint density at radius 1 is 0.870 bits per heavy atom. The van der Waals surface area contributed by atoms with Crippen LogP contribution >= 0.6 is 7.82 Å². The van der Waals surface area contributed by atoms with Crippen molar-refractivity contribution in [2.45, 2.75) is 19.8 Å². The number of phosphoric ester groups is 1. The van der Waals surface area contributed by atoms with Gasteiger partial charge in [0.25, 0.3) is 0 Å². The van der Waals surface area contributed by atoms with Gasteiger partial charge in [-0.2, -0.15) is 0 Å². The van der Waals surface area contributed by atoms with Crippen molar-refractivity contribution in [2.75, 3.05) is 33.0 Å². The van der Waals surface area contributed by atoms with E-state index in [-0.39, 0.29) is 33.0 Å². The van der Waals surface area contributed by atoms with Gasteiger partial charge in [0.2, 0.25) is 0 Å². The zero-order valence-electron chi connectivity index (χ0n) is 13.2. The molecular formula is C14H23O8P. The van der Waals surface area contributed by atoms with Gasteiger partial charge in [0.15, 0.2) is 0 Å². The minimum Gasteiger partial charge on any atom is -0.462 e. The fourth-order valence-corrected chi connectivity index (χ4v) is 2.45. The number of carbonyl (C=O) groups is 2. The van der Waals surface area contributed by atoms with E-state index in [1.54, 1.807) is 6.92 Å². The van der Waals surface area contributed by atoms with Crippen LogP contribution in [0.2, 0.25) is 0 Å². The van der Waals surface area contributed by atoms with Gasteiger partial charge in [-0.3, -0.25) is 13.6 Å². The van der Waals surface area contributed by atoms with Crippen molar-refractivity contribution >= 4 is 19.8 Å². The molecule has 8 nitrogen and oxygen atoms in total. The molecule has 0 aliphatic heterocycles. The highest BCUT2D eigenvalue weighted by Gasteiger charge is 2.25. The zero-order valence-corrected chi connectivity index (χ0v) is 14.1. The van der Waals surface area contributed by atoms with E-state index in [9.17, 15) is 14.2 Å². The highest BCUT2D eigenvalue weighted by Crippen LogP contribution is 2.49. The van der Waals surface area contributed by atoms with Crippen molar-refractivity contribution in [1.82, 2.24) is 0 Å². The fraction of sp³-hybridized carbons (Fsp3) is 0.571. The van der Waals surface area contributed by atoms with Crippen LogP contribution in [0.15, 0.2) is 25.3 Å². The summed E-state index contributed by atoms with van der Waals surface area (Å²) in [5.41, 5.74) is 0. The van der Waals surface area contributed by atoms with Crippen molar-refractivity contribution in [3.8, 4) is 0 Å². The molecule has 0 fully saturated rings. The monoisotopic (exact) mass is 350 g/mol. The molecule has 9 heteroatoms. The topological polar surface area (TPSA) is 97.4 Å². The summed E-state index contributed by atoms with van der Waals surface area (Å²) in [6, 6.07) is 0. The molecule has 0 aliphatic carbocycles. The average Bonchev–Trinajstić information content (AvgIpc) is 2.53. The second-order valence-electron chi connectivity index (χ2n) is 3.98. The van der Waals surface area contributed by atoms with Gasteiger partial charge in [-0.25, -0.2) is 14.2 Å². The number of ether oxygens (including phenoxy) is 2. The van der Waals surface area contributed by atoms with Gasteiger partial charge in [-0.05, 0) is 6.92 Å². The van der Waals surface area contributed by atoms with Gasteiger partial charge in [-0.15, -0.1) is 0 Å². The third kappa shape index (κ3) is 11.7. The van der Waals surface area contributed by atoms with Crippen molar-refractivity contribution in [3.05, 3.63) is 25.3 Å². The number of esters is 2. The Kier molecular flexibility index (Phi) is 12.2. The SMILES string of the molecule is C=CC(=O)OCCCOP(=O)(OCC)OCCCOC(=O)C=C. The van der Waals surface area contributed by atoms with E-state index in [0.717, 1.165) is 12.2 Å². The third-order valence-electron chi connectivity index (χ3n) is 2.19. The van der Waals surface area contributed by atoms with Crippen molar-refractivity contribution in [2.24, 2.45) is 0 Å². The Hall–Kier alpha value is -1.47. The van der Waals surface area contributed by atoms with E-state index in [0.29, 0.717) is 12.8 Å². The van der Waals surface area contributed by atoms with Crippen LogP contribution in [0.4, 0.5) is 0 Å². The third-order valence-corrected chi connectivity index (χ3v) is 3.76. The minimum atomic E-state index is -3.68. The summed E-state index contributed by atoms with van der Waals surface area (Å²) in [6.45, 7) is 8.60. The molecule has 0 spiro atoms. The molecule has 0 unspecified atom stereocenters. The lowest BCUT2D eigenvalue weighted by Crippen LogP contribution is -2.08. The number of hydrogen-bond acceptors (Lipinski definition) is 8. The van der Waals surface area contributed by atoms with Crippen molar-refractivity contribution in [1.29, 1.82) is 0 Å². The van der Waals surface area contributed by atoms with E-state index in [2.05, 4.69) is 13.2 Å². The maximum atomic E-state index is 12.2. The highest BCUT2D eigenvalue weighted by atomic mass is 31.2. The molecule has 132 valence electrons. The predicted molar refractivity (Wildman–Crippen MR) is 82.7 cm³/mol. The van der Waals surface area contributed by atoms with Gasteiger partial charge >= 0.3 is 19.8 Å². The van der Waals surface area contributed by atoms with Crippen LogP contribution in [0, 0.1) is 0 Å². The van der Waals surface area contributed by atoms with Crippen molar-refractivity contribution < 1.29 is 37.2 Å². The molecule has 0 atom stereocenters. The van der Waals surface area contributed by atoms with Crippen LogP contribution < -0.4 is 0 Å². The lowest BCUT2D eigenvalue weighted by molar-refractivity contribution is -0.138. The number of rotatable bonds is 14. The molecule has 0 radical (unpaired) electrons. The van der Waals surface area contributed by atoms with Gasteiger partial charge in [0.05, 0.1) is 33.0 Å².